The number of hydrogen-bond donors (Lipinski definition) is 2. The average Bonchev–Trinajstić information content (AvgIpc) is 2.97. The third kappa shape index (κ3) is 6.78. The molecule has 9 nitrogen and oxygen atoms in total. The van der Waals surface area contributed by atoms with Gasteiger partial charge in [0, 0.05) is 53.9 Å². The van der Waals surface area contributed by atoms with E-state index in [1.165, 1.54) is 11.9 Å². The molecule has 0 spiro atoms. The van der Waals surface area contributed by atoms with Gasteiger partial charge in [0.2, 0.25) is 11.8 Å². The number of benzene rings is 3. The first-order valence-electron chi connectivity index (χ1n) is 13.4. The van der Waals surface area contributed by atoms with Crippen LogP contribution in [-0.4, -0.2) is 61.1 Å². The van der Waals surface area contributed by atoms with Gasteiger partial charge in [-0.25, -0.2) is 4.98 Å². The quantitative estimate of drug-likeness (QED) is 0.235. The second-order valence-corrected chi connectivity index (χ2v) is 10.9. The molecular formula is C31H33BrN6O3. The second kappa shape index (κ2) is 12.6. The summed E-state index contributed by atoms with van der Waals surface area (Å²) in [4.78, 5) is 27.2. The number of aromatic nitrogens is 2. The first-order chi connectivity index (χ1) is 19.8. The normalized spacial score (nSPS) is 13.5. The van der Waals surface area contributed by atoms with Gasteiger partial charge in [0.05, 0.1) is 7.11 Å². The van der Waals surface area contributed by atoms with E-state index >= 15 is 0 Å². The number of hydrogen-bond acceptors (Lipinski definition) is 8. The van der Waals surface area contributed by atoms with E-state index in [2.05, 4.69) is 65.5 Å². The Balaban J connectivity index is 1.42. The van der Waals surface area contributed by atoms with Crippen LogP contribution in [0.3, 0.4) is 0 Å². The van der Waals surface area contributed by atoms with E-state index in [9.17, 15) is 4.79 Å². The monoisotopic (exact) mass is 616 g/mol. The van der Waals surface area contributed by atoms with E-state index in [1.807, 2.05) is 50.2 Å². The van der Waals surface area contributed by atoms with Crippen molar-refractivity contribution in [1.29, 1.82) is 0 Å². The second-order valence-electron chi connectivity index (χ2n) is 9.99. The number of ether oxygens (including phenoxy) is 2. The van der Waals surface area contributed by atoms with Gasteiger partial charge in [-0.15, -0.1) is 0 Å². The number of halogens is 1. The van der Waals surface area contributed by atoms with Crippen molar-refractivity contribution < 1.29 is 14.3 Å². The molecule has 10 heteroatoms. The molecule has 1 aliphatic rings. The molecule has 0 atom stereocenters. The van der Waals surface area contributed by atoms with Crippen LogP contribution in [0.4, 0.5) is 23.0 Å². The maximum absolute atomic E-state index is 13.5. The lowest BCUT2D eigenvalue weighted by molar-refractivity contribution is 0.102. The minimum Gasteiger partial charge on any atom is -0.493 e. The van der Waals surface area contributed by atoms with Crippen molar-refractivity contribution in [2.24, 2.45) is 0 Å². The summed E-state index contributed by atoms with van der Waals surface area (Å²) in [5, 5.41) is 6.24. The summed E-state index contributed by atoms with van der Waals surface area (Å²) in [6.07, 6.45) is 1.47. The fraction of sp³-hybridized carbons (Fsp3) is 0.258. The van der Waals surface area contributed by atoms with E-state index in [0.717, 1.165) is 53.2 Å². The molecule has 0 saturated carbocycles. The van der Waals surface area contributed by atoms with Crippen LogP contribution in [0, 0.1) is 13.8 Å². The fourth-order valence-electron chi connectivity index (χ4n) is 4.63. The zero-order valence-electron chi connectivity index (χ0n) is 23.6. The van der Waals surface area contributed by atoms with Gasteiger partial charge in [-0.1, -0.05) is 34.1 Å². The molecule has 41 heavy (non-hydrogen) atoms. The number of rotatable bonds is 8. The summed E-state index contributed by atoms with van der Waals surface area (Å²) >= 11 is 3.45. The summed E-state index contributed by atoms with van der Waals surface area (Å²) < 4.78 is 12.5. The third-order valence-corrected chi connectivity index (χ3v) is 7.54. The number of anilines is 4. The van der Waals surface area contributed by atoms with Gasteiger partial charge in [-0.2, -0.15) is 4.98 Å². The van der Waals surface area contributed by atoms with Gasteiger partial charge in [-0.3, -0.25) is 4.79 Å². The minimum atomic E-state index is -0.378. The standard InChI is InChI=1S/C31H33BrN6O3/c1-20-6-5-7-21(2)28(20)35-29(39)25-19-33-31(36-30(25)41-26-13-8-22(32)18-27(26)40-4)34-23-9-11-24(12-10-23)38-16-14-37(3)15-17-38/h5-13,18-19H,14-17H2,1-4H3,(H,35,39)(H,33,34,36). The number of carbonyl (C=O) groups is 1. The van der Waals surface area contributed by atoms with Crippen LogP contribution in [0.5, 0.6) is 17.4 Å². The summed E-state index contributed by atoms with van der Waals surface area (Å²) in [5.74, 6) is 0.927. The van der Waals surface area contributed by atoms with Crippen LogP contribution in [0.15, 0.2) is 71.3 Å². The lowest BCUT2D eigenvalue weighted by atomic mass is 10.1. The number of likely N-dealkylation sites (N-methyl/N-ethyl adjacent to an activating group) is 1. The van der Waals surface area contributed by atoms with E-state index in [1.54, 1.807) is 19.2 Å². The Labute approximate surface area is 248 Å². The average molecular weight is 618 g/mol. The Morgan fingerprint density at radius 3 is 2.34 bits per heavy atom. The summed E-state index contributed by atoms with van der Waals surface area (Å²) in [6.45, 7) is 7.99. The molecular weight excluding hydrogens is 584 g/mol. The first kappa shape index (κ1) is 28.4. The number of methoxy groups -OCH3 is 1. The summed E-state index contributed by atoms with van der Waals surface area (Å²) in [5.41, 5.74) is 4.84. The predicted octanol–water partition coefficient (Wildman–Crippen LogP) is 6.40. The molecule has 0 unspecified atom stereocenters. The largest absolute Gasteiger partial charge is 0.493 e. The highest BCUT2D eigenvalue weighted by atomic mass is 79.9. The van der Waals surface area contributed by atoms with Gasteiger partial charge < -0.3 is 29.9 Å². The first-order valence-corrected chi connectivity index (χ1v) is 14.2. The van der Waals surface area contributed by atoms with Crippen molar-refractivity contribution >= 4 is 44.8 Å². The van der Waals surface area contributed by atoms with Crippen molar-refractivity contribution in [3.05, 3.63) is 88.0 Å². The highest BCUT2D eigenvalue weighted by Gasteiger charge is 2.21. The zero-order chi connectivity index (χ0) is 28.9. The molecule has 1 amide bonds. The Morgan fingerprint density at radius 2 is 1.66 bits per heavy atom. The molecule has 1 aromatic heterocycles. The van der Waals surface area contributed by atoms with Gasteiger partial charge in [0.1, 0.15) is 5.56 Å². The molecule has 3 aromatic carbocycles. The number of amides is 1. The number of piperazine rings is 1. The van der Waals surface area contributed by atoms with E-state index in [0.29, 0.717) is 17.4 Å². The third-order valence-electron chi connectivity index (χ3n) is 7.04. The van der Waals surface area contributed by atoms with Crippen molar-refractivity contribution in [2.45, 2.75) is 13.8 Å². The van der Waals surface area contributed by atoms with Crippen molar-refractivity contribution in [1.82, 2.24) is 14.9 Å². The van der Waals surface area contributed by atoms with Crippen LogP contribution in [0.2, 0.25) is 0 Å². The van der Waals surface area contributed by atoms with Crippen LogP contribution in [-0.2, 0) is 0 Å². The van der Waals surface area contributed by atoms with Crippen LogP contribution < -0.4 is 25.0 Å². The summed E-state index contributed by atoms with van der Waals surface area (Å²) in [7, 11) is 3.70. The lowest BCUT2D eigenvalue weighted by Crippen LogP contribution is -2.44. The molecule has 1 fully saturated rings. The topological polar surface area (TPSA) is 91.9 Å². The lowest BCUT2D eigenvalue weighted by Gasteiger charge is -2.34. The maximum atomic E-state index is 13.5. The SMILES string of the molecule is COc1cc(Br)ccc1Oc1nc(Nc2ccc(N3CCN(C)CC3)cc2)ncc1C(=O)Nc1c(C)cccc1C. The Morgan fingerprint density at radius 1 is 0.951 bits per heavy atom. The number of para-hydroxylation sites is 1. The van der Waals surface area contributed by atoms with E-state index in [4.69, 9.17) is 9.47 Å². The highest BCUT2D eigenvalue weighted by molar-refractivity contribution is 9.10. The van der Waals surface area contributed by atoms with Crippen molar-refractivity contribution in [3.63, 3.8) is 0 Å². The Bertz CT molecular complexity index is 1520. The number of nitrogens with one attached hydrogen (secondary N) is 2. The molecule has 2 N–H and O–H groups in total. The summed E-state index contributed by atoms with van der Waals surface area (Å²) in [6, 6.07) is 19.4. The molecule has 1 saturated heterocycles. The maximum Gasteiger partial charge on any atom is 0.262 e. The van der Waals surface area contributed by atoms with E-state index < -0.39 is 0 Å². The van der Waals surface area contributed by atoms with Crippen molar-refractivity contribution in [3.8, 4) is 17.4 Å². The van der Waals surface area contributed by atoms with Crippen LogP contribution in [0.1, 0.15) is 21.5 Å². The number of nitrogens with zero attached hydrogens (tertiary/aromatic N) is 4. The smallest absolute Gasteiger partial charge is 0.262 e. The molecule has 212 valence electrons. The van der Waals surface area contributed by atoms with Crippen LogP contribution >= 0.6 is 15.9 Å². The molecule has 0 bridgehead atoms. The number of aryl methyl sites for hydroxylation is 2. The zero-order valence-corrected chi connectivity index (χ0v) is 25.2. The molecule has 0 aliphatic carbocycles. The Kier molecular flexibility index (Phi) is 8.70. The molecule has 2 heterocycles. The van der Waals surface area contributed by atoms with Crippen molar-refractivity contribution in [2.75, 3.05) is 55.9 Å². The molecule has 0 radical (unpaired) electrons. The minimum absolute atomic E-state index is 0.0981. The van der Waals surface area contributed by atoms with Gasteiger partial charge in [0.25, 0.3) is 5.91 Å². The molecule has 4 aromatic rings. The number of carbonyl (C=O) groups excluding carboxylic acids is 1. The highest BCUT2D eigenvalue weighted by Crippen LogP contribution is 2.35. The molecule has 5 rings (SSSR count). The van der Waals surface area contributed by atoms with Gasteiger partial charge in [0.15, 0.2) is 11.5 Å². The molecule has 1 aliphatic heterocycles. The van der Waals surface area contributed by atoms with Crippen LogP contribution in [0.25, 0.3) is 0 Å². The Hall–Kier alpha value is -4.15. The predicted molar refractivity (Wildman–Crippen MR) is 166 cm³/mol. The fourth-order valence-corrected chi connectivity index (χ4v) is 4.97. The van der Waals surface area contributed by atoms with Gasteiger partial charge in [-0.05, 0) is 74.5 Å². The van der Waals surface area contributed by atoms with E-state index in [-0.39, 0.29) is 17.4 Å². The van der Waals surface area contributed by atoms with Gasteiger partial charge >= 0.3 is 0 Å².